The number of hydrogen-bond donors (Lipinski definition) is 2. The molecule has 4 rings (SSSR count). The molecule has 2 N–H and O–H groups in total. The fourth-order valence-electron chi connectivity index (χ4n) is 3.30. The smallest absolute Gasteiger partial charge is 0.191 e. The van der Waals surface area contributed by atoms with E-state index in [1.807, 2.05) is 0 Å². The fraction of sp³-hybridized carbons (Fsp3) is 0.409. The standard InChI is InChI=1S/C22H27N3/c1-17(18-8-4-2-5-9-18)24-21(25-20-12-13-20)23-16-22(14-15-22)19-10-6-3-7-11-19/h2-11,17,20H,12-16H2,1H3,(H2,23,24,25)/t17-/m0/s1. The van der Waals surface area contributed by atoms with Crippen LogP contribution in [0.1, 0.15) is 49.8 Å². The summed E-state index contributed by atoms with van der Waals surface area (Å²) >= 11 is 0. The van der Waals surface area contributed by atoms with Crippen LogP contribution in [-0.4, -0.2) is 18.5 Å². The van der Waals surface area contributed by atoms with Gasteiger partial charge in [0.1, 0.15) is 0 Å². The first-order valence-corrected chi connectivity index (χ1v) is 9.43. The molecule has 2 aromatic carbocycles. The molecule has 0 spiro atoms. The van der Waals surface area contributed by atoms with Crippen molar-refractivity contribution in [3.63, 3.8) is 0 Å². The third-order valence-electron chi connectivity index (χ3n) is 5.35. The van der Waals surface area contributed by atoms with Crippen LogP contribution in [0, 0.1) is 0 Å². The van der Waals surface area contributed by atoms with Gasteiger partial charge < -0.3 is 10.6 Å². The van der Waals surface area contributed by atoms with Gasteiger partial charge in [-0.15, -0.1) is 0 Å². The van der Waals surface area contributed by atoms with Crippen LogP contribution < -0.4 is 10.6 Å². The van der Waals surface area contributed by atoms with E-state index in [-0.39, 0.29) is 11.5 Å². The van der Waals surface area contributed by atoms with Crippen molar-refractivity contribution in [2.75, 3.05) is 6.54 Å². The lowest BCUT2D eigenvalue weighted by atomic mass is 9.96. The Balaban J connectivity index is 1.46. The highest BCUT2D eigenvalue weighted by Gasteiger charge is 2.44. The molecule has 2 aliphatic carbocycles. The molecule has 3 heteroatoms. The van der Waals surface area contributed by atoms with Crippen molar-refractivity contribution in [1.82, 2.24) is 10.6 Å². The maximum absolute atomic E-state index is 4.97. The zero-order valence-corrected chi connectivity index (χ0v) is 14.9. The minimum absolute atomic E-state index is 0.248. The zero-order chi connectivity index (χ0) is 17.1. The van der Waals surface area contributed by atoms with Crippen molar-refractivity contribution in [3.05, 3.63) is 71.8 Å². The molecule has 0 bridgehead atoms. The minimum Gasteiger partial charge on any atom is -0.354 e. The first-order valence-electron chi connectivity index (χ1n) is 9.43. The van der Waals surface area contributed by atoms with Gasteiger partial charge in [0.25, 0.3) is 0 Å². The Morgan fingerprint density at radius 1 is 1.04 bits per heavy atom. The van der Waals surface area contributed by atoms with Crippen LogP contribution in [0.15, 0.2) is 65.7 Å². The number of hydrogen-bond acceptors (Lipinski definition) is 1. The second-order valence-corrected chi connectivity index (χ2v) is 7.51. The van der Waals surface area contributed by atoms with E-state index in [1.165, 1.54) is 36.8 Å². The number of benzene rings is 2. The lowest BCUT2D eigenvalue weighted by Crippen LogP contribution is -2.40. The van der Waals surface area contributed by atoms with Gasteiger partial charge in [0.15, 0.2) is 5.96 Å². The average molecular weight is 333 g/mol. The molecule has 0 aliphatic heterocycles. The van der Waals surface area contributed by atoms with E-state index in [2.05, 4.69) is 78.2 Å². The predicted octanol–water partition coefficient (Wildman–Crippen LogP) is 4.18. The lowest BCUT2D eigenvalue weighted by molar-refractivity contribution is 0.658. The SMILES string of the molecule is C[C@H](NC(=NCC1(c2ccccc2)CC1)NC1CC1)c1ccccc1. The topological polar surface area (TPSA) is 36.4 Å². The number of nitrogens with one attached hydrogen (secondary N) is 2. The molecule has 2 saturated carbocycles. The zero-order valence-electron chi connectivity index (χ0n) is 14.9. The van der Waals surface area contributed by atoms with E-state index in [0.29, 0.717) is 6.04 Å². The van der Waals surface area contributed by atoms with Crippen LogP contribution >= 0.6 is 0 Å². The van der Waals surface area contributed by atoms with Crippen LogP contribution in [0.4, 0.5) is 0 Å². The van der Waals surface area contributed by atoms with E-state index in [9.17, 15) is 0 Å². The second-order valence-electron chi connectivity index (χ2n) is 7.51. The second kappa shape index (κ2) is 6.91. The van der Waals surface area contributed by atoms with Crippen LogP contribution in [0.3, 0.4) is 0 Å². The van der Waals surface area contributed by atoms with Gasteiger partial charge in [0.05, 0.1) is 12.6 Å². The number of aliphatic imine (C=N–C) groups is 1. The van der Waals surface area contributed by atoms with Crippen molar-refractivity contribution in [3.8, 4) is 0 Å². The van der Waals surface area contributed by atoms with Gasteiger partial charge >= 0.3 is 0 Å². The summed E-state index contributed by atoms with van der Waals surface area (Å²) in [6, 6.07) is 22.3. The van der Waals surface area contributed by atoms with E-state index >= 15 is 0 Å². The Hall–Kier alpha value is -2.29. The van der Waals surface area contributed by atoms with Gasteiger partial charge in [0.2, 0.25) is 0 Å². The summed E-state index contributed by atoms with van der Waals surface area (Å²) in [6.45, 7) is 3.06. The van der Waals surface area contributed by atoms with E-state index in [1.54, 1.807) is 0 Å². The third kappa shape index (κ3) is 4.04. The summed E-state index contributed by atoms with van der Waals surface area (Å²) < 4.78 is 0. The molecule has 0 unspecified atom stereocenters. The summed E-state index contributed by atoms with van der Waals surface area (Å²) in [5.41, 5.74) is 2.98. The third-order valence-corrected chi connectivity index (χ3v) is 5.35. The average Bonchev–Trinajstić information content (AvgIpc) is 3.57. The highest BCUT2D eigenvalue weighted by molar-refractivity contribution is 5.81. The maximum Gasteiger partial charge on any atom is 0.191 e. The highest BCUT2D eigenvalue weighted by Crippen LogP contribution is 2.48. The molecule has 2 aromatic rings. The molecule has 25 heavy (non-hydrogen) atoms. The highest BCUT2D eigenvalue weighted by atomic mass is 15.2. The fourth-order valence-corrected chi connectivity index (χ4v) is 3.30. The van der Waals surface area contributed by atoms with Crippen LogP contribution in [0.5, 0.6) is 0 Å². The van der Waals surface area contributed by atoms with Crippen molar-refractivity contribution in [2.45, 2.75) is 50.1 Å². The number of guanidine groups is 1. The predicted molar refractivity (Wildman–Crippen MR) is 104 cm³/mol. The summed E-state index contributed by atoms with van der Waals surface area (Å²) in [5.74, 6) is 0.959. The van der Waals surface area contributed by atoms with Gasteiger partial charge in [0, 0.05) is 11.5 Å². The quantitative estimate of drug-likeness (QED) is 0.615. The van der Waals surface area contributed by atoms with Gasteiger partial charge in [-0.1, -0.05) is 60.7 Å². The van der Waals surface area contributed by atoms with Crippen molar-refractivity contribution >= 4 is 5.96 Å². The van der Waals surface area contributed by atoms with E-state index in [4.69, 9.17) is 4.99 Å². The van der Waals surface area contributed by atoms with Crippen LogP contribution in [0.25, 0.3) is 0 Å². The lowest BCUT2D eigenvalue weighted by Gasteiger charge is -2.20. The van der Waals surface area contributed by atoms with E-state index < -0.39 is 0 Å². The molecule has 0 aromatic heterocycles. The van der Waals surface area contributed by atoms with Crippen LogP contribution in [0.2, 0.25) is 0 Å². The summed E-state index contributed by atoms with van der Waals surface area (Å²) in [7, 11) is 0. The van der Waals surface area contributed by atoms with Gasteiger partial charge in [-0.3, -0.25) is 4.99 Å². The summed E-state index contributed by atoms with van der Waals surface area (Å²) in [4.78, 5) is 4.97. The first kappa shape index (κ1) is 16.2. The Bertz CT molecular complexity index is 715. The number of nitrogens with zero attached hydrogens (tertiary/aromatic N) is 1. The molecule has 1 atom stereocenters. The van der Waals surface area contributed by atoms with Crippen molar-refractivity contribution in [2.24, 2.45) is 4.99 Å². The monoisotopic (exact) mass is 333 g/mol. The summed E-state index contributed by atoms with van der Waals surface area (Å²) in [6.07, 6.45) is 4.99. The van der Waals surface area contributed by atoms with Gasteiger partial charge in [-0.25, -0.2) is 0 Å². The molecular formula is C22H27N3. The largest absolute Gasteiger partial charge is 0.354 e. The molecular weight excluding hydrogens is 306 g/mol. The maximum atomic E-state index is 4.97. The molecule has 0 heterocycles. The van der Waals surface area contributed by atoms with E-state index in [0.717, 1.165) is 12.5 Å². The minimum atomic E-state index is 0.248. The van der Waals surface area contributed by atoms with Crippen molar-refractivity contribution in [1.29, 1.82) is 0 Å². The van der Waals surface area contributed by atoms with Crippen LogP contribution in [-0.2, 0) is 5.41 Å². The molecule has 130 valence electrons. The van der Waals surface area contributed by atoms with Crippen molar-refractivity contribution < 1.29 is 0 Å². The molecule has 3 nitrogen and oxygen atoms in total. The molecule has 2 aliphatic rings. The normalized spacial score (nSPS) is 20.0. The molecule has 0 radical (unpaired) electrons. The Morgan fingerprint density at radius 2 is 1.68 bits per heavy atom. The summed E-state index contributed by atoms with van der Waals surface area (Å²) in [5, 5.41) is 7.18. The number of rotatable bonds is 6. The Labute approximate surface area is 150 Å². The molecule has 0 saturated heterocycles. The van der Waals surface area contributed by atoms with Gasteiger partial charge in [-0.05, 0) is 43.7 Å². The molecule has 0 amide bonds. The molecule has 2 fully saturated rings. The first-order chi connectivity index (χ1) is 12.3. The van der Waals surface area contributed by atoms with Gasteiger partial charge in [-0.2, -0.15) is 0 Å². The Morgan fingerprint density at radius 3 is 2.28 bits per heavy atom. The Kier molecular flexibility index (Phi) is 4.48.